The Morgan fingerprint density at radius 1 is 1.73 bits per heavy atom. The van der Waals surface area contributed by atoms with Gasteiger partial charge in [0.05, 0.1) is 12.1 Å². The van der Waals surface area contributed by atoms with E-state index in [9.17, 15) is 9.18 Å². The van der Waals surface area contributed by atoms with Gasteiger partial charge in [0.1, 0.15) is 0 Å². The molecular formula is C10H14FNO3. The van der Waals surface area contributed by atoms with Crippen LogP contribution in [0, 0.1) is 5.92 Å². The van der Waals surface area contributed by atoms with Gasteiger partial charge in [0.25, 0.3) is 0 Å². The SMILES string of the molecule is CC(Cc1ncc(C(C)(C)F)o1)C(=O)O. The normalized spacial score (nSPS) is 13.9. The van der Waals surface area contributed by atoms with Crippen molar-refractivity contribution in [1.29, 1.82) is 0 Å². The molecule has 1 rings (SSSR count). The summed E-state index contributed by atoms with van der Waals surface area (Å²) in [4.78, 5) is 14.4. The lowest BCUT2D eigenvalue weighted by Gasteiger charge is -2.08. The number of oxazole rings is 1. The lowest BCUT2D eigenvalue weighted by atomic mass is 10.1. The van der Waals surface area contributed by atoms with Gasteiger partial charge < -0.3 is 9.52 Å². The minimum Gasteiger partial charge on any atom is -0.481 e. The molecule has 0 aliphatic carbocycles. The van der Waals surface area contributed by atoms with Crippen molar-refractivity contribution in [2.24, 2.45) is 5.92 Å². The molecule has 0 aliphatic rings. The van der Waals surface area contributed by atoms with Crippen LogP contribution in [0.1, 0.15) is 32.4 Å². The van der Waals surface area contributed by atoms with Gasteiger partial charge in [0, 0.05) is 6.42 Å². The molecule has 1 heterocycles. The molecule has 0 spiro atoms. The molecule has 15 heavy (non-hydrogen) atoms. The van der Waals surface area contributed by atoms with Crippen molar-refractivity contribution >= 4 is 5.97 Å². The first-order chi connectivity index (χ1) is 6.80. The zero-order chi connectivity index (χ0) is 11.6. The number of halogens is 1. The molecule has 1 aromatic heterocycles. The van der Waals surface area contributed by atoms with Crippen LogP contribution in [0.2, 0.25) is 0 Å². The van der Waals surface area contributed by atoms with E-state index >= 15 is 0 Å². The van der Waals surface area contributed by atoms with Crippen LogP contribution in [-0.2, 0) is 16.9 Å². The largest absolute Gasteiger partial charge is 0.481 e. The Balaban J connectivity index is 2.73. The van der Waals surface area contributed by atoms with E-state index in [0.717, 1.165) is 0 Å². The standard InChI is InChI=1S/C10H14FNO3/c1-6(9(13)14)4-8-12-5-7(15-8)10(2,3)11/h5-6H,4H2,1-3H3,(H,13,14). The maximum Gasteiger partial charge on any atom is 0.306 e. The Hall–Kier alpha value is -1.39. The van der Waals surface area contributed by atoms with E-state index in [1.165, 1.54) is 20.0 Å². The summed E-state index contributed by atoms with van der Waals surface area (Å²) in [7, 11) is 0. The summed E-state index contributed by atoms with van der Waals surface area (Å²) in [6.07, 6.45) is 1.47. The summed E-state index contributed by atoms with van der Waals surface area (Å²) < 4.78 is 18.5. The van der Waals surface area contributed by atoms with E-state index in [4.69, 9.17) is 9.52 Å². The number of nitrogens with zero attached hydrogens (tertiary/aromatic N) is 1. The number of rotatable bonds is 4. The molecule has 1 N–H and O–H groups in total. The Morgan fingerprint density at radius 2 is 2.33 bits per heavy atom. The summed E-state index contributed by atoms with van der Waals surface area (Å²) in [5.74, 6) is -1.13. The zero-order valence-electron chi connectivity index (χ0n) is 8.95. The van der Waals surface area contributed by atoms with E-state index in [0.29, 0.717) is 0 Å². The second-order valence-electron chi connectivity index (χ2n) is 4.03. The smallest absolute Gasteiger partial charge is 0.306 e. The molecule has 0 aromatic carbocycles. The average molecular weight is 215 g/mol. The van der Waals surface area contributed by atoms with Gasteiger partial charge in [-0.2, -0.15) is 0 Å². The van der Waals surface area contributed by atoms with Gasteiger partial charge >= 0.3 is 5.97 Å². The molecule has 0 aliphatic heterocycles. The summed E-state index contributed by atoms with van der Waals surface area (Å²) in [6, 6.07) is 0. The number of alkyl halides is 1. The highest BCUT2D eigenvalue weighted by atomic mass is 19.1. The third kappa shape index (κ3) is 3.04. The number of hydrogen-bond donors (Lipinski definition) is 1. The first-order valence-corrected chi connectivity index (χ1v) is 4.67. The number of hydrogen-bond acceptors (Lipinski definition) is 3. The van der Waals surface area contributed by atoms with Gasteiger partial charge in [0.15, 0.2) is 17.3 Å². The quantitative estimate of drug-likeness (QED) is 0.835. The van der Waals surface area contributed by atoms with Crippen molar-refractivity contribution in [1.82, 2.24) is 4.98 Å². The van der Waals surface area contributed by atoms with Crippen LogP contribution in [0.5, 0.6) is 0 Å². The third-order valence-electron chi connectivity index (χ3n) is 2.04. The van der Waals surface area contributed by atoms with Gasteiger partial charge in [-0.15, -0.1) is 0 Å². The number of aromatic nitrogens is 1. The summed E-state index contributed by atoms with van der Waals surface area (Å²) in [5.41, 5.74) is -1.59. The average Bonchev–Trinajstić information content (AvgIpc) is 2.51. The highest BCUT2D eigenvalue weighted by Crippen LogP contribution is 2.25. The van der Waals surface area contributed by atoms with E-state index in [2.05, 4.69) is 4.98 Å². The molecule has 1 aromatic rings. The highest BCUT2D eigenvalue weighted by Gasteiger charge is 2.25. The van der Waals surface area contributed by atoms with Crippen LogP contribution in [0.15, 0.2) is 10.6 Å². The Kier molecular flexibility index (Phi) is 3.12. The van der Waals surface area contributed by atoms with Crippen molar-refractivity contribution in [2.75, 3.05) is 0 Å². The van der Waals surface area contributed by atoms with Crippen molar-refractivity contribution in [3.8, 4) is 0 Å². The molecule has 0 bridgehead atoms. The summed E-state index contributed by atoms with van der Waals surface area (Å²) in [6.45, 7) is 4.27. The Morgan fingerprint density at radius 3 is 2.73 bits per heavy atom. The molecule has 0 radical (unpaired) electrons. The maximum atomic E-state index is 13.4. The van der Waals surface area contributed by atoms with Crippen LogP contribution in [-0.4, -0.2) is 16.1 Å². The fraction of sp³-hybridized carbons (Fsp3) is 0.600. The summed E-state index contributed by atoms with van der Waals surface area (Å²) in [5, 5.41) is 8.67. The lowest BCUT2D eigenvalue weighted by molar-refractivity contribution is -0.141. The van der Waals surface area contributed by atoms with Gasteiger partial charge in [-0.1, -0.05) is 6.92 Å². The number of carboxylic acids is 1. The third-order valence-corrected chi connectivity index (χ3v) is 2.04. The number of carboxylic acid groups (broad SMARTS) is 1. The van der Waals surface area contributed by atoms with Crippen molar-refractivity contribution in [2.45, 2.75) is 32.9 Å². The maximum absolute atomic E-state index is 13.4. The molecule has 0 saturated carbocycles. The highest BCUT2D eigenvalue weighted by molar-refractivity contribution is 5.69. The van der Waals surface area contributed by atoms with Gasteiger partial charge in [-0.3, -0.25) is 4.79 Å². The minimum absolute atomic E-state index is 0.120. The van der Waals surface area contributed by atoms with E-state index < -0.39 is 17.6 Å². The van der Waals surface area contributed by atoms with E-state index in [-0.39, 0.29) is 18.1 Å². The van der Waals surface area contributed by atoms with Crippen LogP contribution < -0.4 is 0 Å². The molecule has 5 heteroatoms. The number of carbonyl (C=O) groups is 1. The summed E-state index contributed by atoms with van der Waals surface area (Å²) >= 11 is 0. The van der Waals surface area contributed by atoms with Crippen molar-refractivity contribution in [3.05, 3.63) is 17.8 Å². The lowest BCUT2D eigenvalue weighted by Crippen LogP contribution is -2.12. The second kappa shape index (κ2) is 4.00. The van der Waals surface area contributed by atoms with Gasteiger partial charge in [0.2, 0.25) is 0 Å². The molecule has 1 unspecified atom stereocenters. The molecule has 1 atom stereocenters. The van der Waals surface area contributed by atoms with E-state index in [1.807, 2.05) is 0 Å². The Labute approximate surface area is 87.1 Å². The van der Waals surface area contributed by atoms with Crippen molar-refractivity contribution in [3.63, 3.8) is 0 Å². The van der Waals surface area contributed by atoms with Gasteiger partial charge in [-0.25, -0.2) is 9.37 Å². The fourth-order valence-corrected chi connectivity index (χ4v) is 1.03. The fourth-order valence-electron chi connectivity index (χ4n) is 1.03. The van der Waals surface area contributed by atoms with Crippen LogP contribution in [0.3, 0.4) is 0 Å². The Bertz CT molecular complexity index is 354. The van der Waals surface area contributed by atoms with E-state index in [1.54, 1.807) is 6.92 Å². The van der Waals surface area contributed by atoms with Crippen molar-refractivity contribution < 1.29 is 18.7 Å². The molecular weight excluding hydrogens is 201 g/mol. The second-order valence-corrected chi connectivity index (χ2v) is 4.03. The molecule has 4 nitrogen and oxygen atoms in total. The topological polar surface area (TPSA) is 63.3 Å². The zero-order valence-corrected chi connectivity index (χ0v) is 8.95. The van der Waals surface area contributed by atoms with Crippen LogP contribution in [0.25, 0.3) is 0 Å². The molecule has 0 amide bonds. The molecule has 0 saturated heterocycles. The minimum atomic E-state index is -1.59. The van der Waals surface area contributed by atoms with Gasteiger partial charge in [-0.05, 0) is 13.8 Å². The number of aliphatic carboxylic acids is 1. The first-order valence-electron chi connectivity index (χ1n) is 4.67. The van der Waals surface area contributed by atoms with Crippen LogP contribution in [0.4, 0.5) is 4.39 Å². The predicted octanol–water partition coefficient (Wildman–Crippen LogP) is 2.14. The molecule has 84 valence electrons. The monoisotopic (exact) mass is 215 g/mol. The predicted molar refractivity (Wildman–Crippen MR) is 51.1 cm³/mol. The molecule has 0 fully saturated rings. The van der Waals surface area contributed by atoms with Crippen LogP contribution >= 0.6 is 0 Å². The first kappa shape index (κ1) is 11.7.